The molecule has 176 valence electrons. The molecule has 0 radical (unpaired) electrons. The van der Waals surface area contributed by atoms with Gasteiger partial charge in [0.15, 0.2) is 5.65 Å². The Morgan fingerprint density at radius 1 is 1.12 bits per heavy atom. The van der Waals surface area contributed by atoms with Crippen molar-refractivity contribution < 1.29 is 4.79 Å². The predicted octanol–water partition coefficient (Wildman–Crippen LogP) is 2.75. The fourth-order valence-electron chi connectivity index (χ4n) is 4.16. The molecule has 32 heavy (non-hydrogen) atoms. The minimum absolute atomic E-state index is 0.0633. The second-order valence-electron chi connectivity index (χ2n) is 10.1. The van der Waals surface area contributed by atoms with E-state index in [1.165, 1.54) is 29.8 Å². The highest BCUT2D eigenvalue weighted by atomic mass is 32.2. The molecule has 4 unspecified atom stereocenters. The summed E-state index contributed by atoms with van der Waals surface area (Å²) in [4.78, 5) is 47.8. The van der Waals surface area contributed by atoms with Crippen LogP contribution in [0.5, 0.6) is 0 Å². The van der Waals surface area contributed by atoms with Crippen LogP contribution in [0, 0.1) is 11.8 Å². The van der Waals surface area contributed by atoms with E-state index in [-0.39, 0.29) is 22.8 Å². The lowest BCUT2D eigenvalue weighted by molar-refractivity contribution is -0.121. The number of carbonyl (C=O) groups is 1. The average molecular weight is 462 g/mol. The maximum atomic E-state index is 13.0. The van der Waals surface area contributed by atoms with Gasteiger partial charge >= 0.3 is 5.69 Å². The lowest BCUT2D eigenvalue weighted by atomic mass is 9.78. The molecule has 1 aliphatic rings. The summed E-state index contributed by atoms with van der Waals surface area (Å²) in [6.45, 7) is 12.2. The number of carbonyl (C=O) groups excluding carboxylic acids is 1. The highest BCUT2D eigenvalue weighted by Crippen LogP contribution is 2.32. The summed E-state index contributed by atoms with van der Waals surface area (Å²) in [6, 6.07) is 0.162. The summed E-state index contributed by atoms with van der Waals surface area (Å²) in [5.41, 5.74) is -0.987. The molecular formula is C23H35N5O3S. The zero-order chi connectivity index (χ0) is 24.0. The predicted molar refractivity (Wildman–Crippen MR) is 128 cm³/mol. The number of nitrogens with one attached hydrogen (secondary N) is 1. The molecule has 2 aromatic heterocycles. The molecule has 4 atom stereocenters. The topological polar surface area (TPSA) is 98.9 Å². The van der Waals surface area contributed by atoms with Crippen LogP contribution in [0.1, 0.15) is 66.6 Å². The Bertz CT molecular complexity index is 1150. The standard InChI is InChI=1S/C23H35N5O3S/c1-12-10-9-11-15(13(12)2)24-18(29)14(3)32-19-16-17(25-21(26-19)23(4,5)6)27(7)22(31)28(8)20(16)30/h12-15H,9-11H2,1-8H3,(H,24,29). The molecule has 1 fully saturated rings. The molecule has 0 aliphatic heterocycles. The summed E-state index contributed by atoms with van der Waals surface area (Å²) < 4.78 is 2.43. The van der Waals surface area contributed by atoms with Crippen molar-refractivity contribution in [3.05, 3.63) is 26.7 Å². The van der Waals surface area contributed by atoms with Crippen LogP contribution >= 0.6 is 11.8 Å². The summed E-state index contributed by atoms with van der Waals surface area (Å²) in [7, 11) is 3.04. The van der Waals surface area contributed by atoms with Gasteiger partial charge in [0.2, 0.25) is 5.91 Å². The van der Waals surface area contributed by atoms with E-state index in [1.54, 1.807) is 7.05 Å². The Balaban J connectivity index is 2.01. The van der Waals surface area contributed by atoms with Gasteiger partial charge in [-0.2, -0.15) is 0 Å². The van der Waals surface area contributed by atoms with Crippen molar-refractivity contribution in [2.75, 3.05) is 0 Å². The minimum atomic E-state index is -0.452. The Morgan fingerprint density at radius 2 is 1.78 bits per heavy atom. The van der Waals surface area contributed by atoms with Crippen molar-refractivity contribution in [2.45, 2.75) is 82.5 Å². The molecule has 3 rings (SSSR count). The van der Waals surface area contributed by atoms with Crippen LogP contribution in [-0.4, -0.2) is 36.3 Å². The van der Waals surface area contributed by atoms with Crippen molar-refractivity contribution in [2.24, 2.45) is 25.9 Å². The molecule has 2 heterocycles. The number of rotatable bonds is 4. The van der Waals surface area contributed by atoms with Gasteiger partial charge in [0, 0.05) is 25.6 Å². The van der Waals surface area contributed by atoms with E-state index in [4.69, 9.17) is 0 Å². The molecule has 1 aliphatic carbocycles. The maximum absolute atomic E-state index is 13.0. The SMILES string of the molecule is CC(Sc1nc(C(C)(C)C)nc2c1c(=O)n(C)c(=O)n2C)C(=O)NC1CCCC(C)C1C. The molecule has 0 saturated heterocycles. The van der Waals surface area contributed by atoms with Gasteiger partial charge in [-0.3, -0.25) is 18.7 Å². The van der Waals surface area contributed by atoms with Gasteiger partial charge in [-0.15, -0.1) is 0 Å². The zero-order valence-corrected chi connectivity index (χ0v) is 21.2. The van der Waals surface area contributed by atoms with Crippen LogP contribution < -0.4 is 16.6 Å². The molecule has 9 heteroatoms. The quantitative estimate of drug-likeness (QED) is 0.555. The minimum Gasteiger partial charge on any atom is -0.352 e. The first kappa shape index (κ1) is 24.5. The van der Waals surface area contributed by atoms with E-state index < -0.39 is 16.5 Å². The van der Waals surface area contributed by atoms with E-state index in [0.29, 0.717) is 28.3 Å². The van der Waals surface area contributed by atoms with E-state index in [1.807, 2.05) is 27.7 Å². The van der Waals surface area contributed by atoms with Crippen LogP contribution in [-0.2, 0) is 24.3 Å². The lowest BCUT2D eigenvalue weighted by Gasteiger charge is -2.35. The molecule has 1 N–H and O–H groups in total. The van der Waals surface area contributed by atoms with E-state index in [2.05, 4.69) is 29.1 Å². The number of aryl methyl sites for hydroxylation is 1. The van der Waals surface area contributed by atoms with E-state index >= 15 is 0 Å². The van der Waals surface area contributed by atoms with Gasteiger partial charge in [0.25, 0.3) is 5.56 Å². The third kappa shape index (κ3) is 4.63. The van der Waals surface area contributed by atoms with Crippen LogP contribution in [0.15, 0.2) is 14.6 Å². The molecule has 8 nitrogen and oxygen atoms in total. The van der Waals surface area contributed by atoms with Gasteiger partial charge < -0.3 is 5.32 Å². The molecule has 0 bridgehead atoms. The fraction of sp³-hybridized carbons (Fsp3) is 0.696. The van der Waals surface area contributed by atoms with E-state index in [0.717, 1.165) is 17.4 Å². The smallest absolute Gasteiger partial charge is 0.332 e. The van der Waals surface area contributed by atoms with Crippen LogP contribution in [0.2, 0.25) is 0 Å². The van der Waals surface area contributed by atoms with Gasteiger partial charge in [0.1, 0.15) is 16.2 Å². The first-order chi connectivity index (χ1) is 14.8. The monoisotopic (exact) mass is 461 g/mol. The third-order valence-electron chi connectivity index (χ3n) is 6.63. The molecule has 2 aromatic rings. The van der Waals surface area contributed by atoms with Crippen molar-refractivity contribution in [1.29, 1.82) is 0 Å². The number of fused-ring (bicyclic) bond motifs is 1. The average Bonchev–Trinajstić information content (AvgIpc) is 2.72. The maximum Gasteiger partial charge on any atom is 0.332 e. The molecule has 1 amide bonds. The second-order valence-corrected chi connectivity index (χ2v) is 11.5. The van der Waals surface area contributed by atoms with Gasteiger partial charge in [-0.05, 0) is 25.2 Å². The number of thioether (sulfide) groups is 1. The van der Waals surface area contributed by atoms with Gasteiger partial charge in [-0.25, -0.2) is 14.8 Å². The lowest BCUT2D eigenvalue weighted by Crippen LogP contribution is -2.46. The summed E-state index contributed by atoms with van der Waals surface area (Å²) >= 11 is 1.25. The van der Waals surface area contributed by atoms with Crippen molar-refractivity contribution in [3.8, 4) is 0 Å². The second kappa shape index (κ2) is 9.00. The summed E-state index contributed by atoms with van der Waals surface area (Å²) in [5, 5.41) is 3.47. The first-order valence-corrected chi connectivity index (χ1v) is 12.2. The Kier molecular flexibility index (Phi) is 6.88. The first-order valence-electron chi connectivity index (χ1n) is 11.3. The number of aromatic nitrogens is 4. The Morgan fingerprint density at radius 3 is 2.41 bits per heavy atom. The highest BCUT2D eigenvalue weighted by Gasteiger charge is 2.30. The number of hydrogen-bond donors (Lipinski definition) is 1. The zero-order valence-electron chi connectivity index (χ0n) is 20.4. The highest BCUT2D eigenvalue weighted by molar-refractivity contribution is 8.00. The summed E-state index contributed by atoms with van der Waals surface area (Å²) in [6.07, 6.45) is 3.30. The van der Waals surface area contributed by atoms with Gasteiger partial charge in [-0.1, -0.05) is 59.2 Å². The van der Waals surface area contributed by atoms with Crippen molar-refractivity contribution in [3.63, 3.8) is 0 Å². The van der Waals surface area contributed by atoms with Crippen LogP contribution in [0.3, 0.4) is 0 Å². The number of nitrogens with zero attached hydrogens (tertiary/aromatic N) is 4. The Hall–Kier alpha value is -2.16. The summed E-state index contributed by atoms with van der Waals surface area (Å²) in [5.74, 6) is 1.48. The largest absolute Gasteiger partial charge is 0.352 e. The Labute approximate surface area is 193 Å². The van der Waals surface area contributed by atoms with Gasteiger partial charge in [0.05, 0.1) is 5.25 Å². The third-order valence-corrected chi connectivity index (χ3v) is 7.72. The van der Waals surface area contributed by atoms with Crippen molar-refractivity contribution in [1.82, 2.24) is 24.4 Å². The molecule has 1 saturated carbocycles. The normalized spacial score (nSPS) is 22.7. The van der Waals surface area contributed by atoms with Crippen LogP contribution in [0.4, 0.5) is 0 Å². The number of hydrogen-bond acceptors (Lipinski definition) is 6. The van der Waals surface area contributed by atoms with E-state index in [9.17, 15) is 14.4 Å². The van der Waals surface area contributed by atoms with Crippen LogP contribution in [0.25, 0.3) is 11.0 Å². The number of amides is 1. The fourth-order valence-corrected chi connectivity index (χ4v) is 5.10. The molecule has 0 aromatic carbocycles. The van der Waals surface area contributed by atoms with Crippen molar-refractivity contribution >= 4 is 28.7 Å². The molecule has 0 spiro atoms. The molecular weight excluding hydrogens is 426 g/mol.